The lowest BCUT2D eigenvalue weighted by Crippen LogP contribution is -2.22. The number of rotatable bonds is 8. The van der Waals surface area contributed by atoms with Gasteiger partial charge in [0.1, 0.15) is 11.6 Å². The van der Waals surface area contributed by atoms with Crippen LogP contribution in [0.3, 0.4) is 0 Å². The predicted octanol–water partition coefficient (Wildman–Crippen LogP) is 5.43. The Morgan fingerprint density at radius 1 is 1.02 bits per heavy atom. The molecule has 0 aliphatic carbocycles. The molecule has 5 aromatic rings. The van der Waals surface area contributed by atoms with Gasteiger partial charge in [-0.3, -0.25) is 4.79 Å². The molecule has 42 heavy (non-hydrogen) atoms. The molecule has 0 spiro atoms. The summed E-state index contributed by atoms with van der Waals surface area (Å²) in [5.41, 5.74) is 4.12. The number of nitrogens with zero attached hydrogens (tertiary/aromatic N) is 4. The van der Waals surface area contributed by atoms with E-state index >= 15 is 0 Å². The number of benzene rings is 3. The topological polar surface area (TPSA) is 150 Å². The molecule has 0 bridgehead atoms. The quantitative estimate of drug-likeness (QED) is 0.150. The number of thiol groups is 1. The van der Waals surface area contributed by atoms with Crippen molar-refractivity contribution in [1.29, 1.82) is 0 Å². The van der Waals surface area contributed by atoms with E-state index in [1.807, 2.05) is 30.5 Å². The number of nitrogens with one attached hydrogen (secondary N) is 2. The molecule has 2 amide bonds. The number of pyridine rings is 1. The fraction of sp³-hybridized carbons (Fsp3) is 0.103. The van der Waals surface area contributed by atoms with Crippen LogP contribution < -0.4 is 15.4 Å². The summed E-state index contributed by atoms with van der Waals surface area (Å²) in [6.07, 6.45) is 1.75. The number of carboxylic acid groups (broad SMARTS) is 1. The summed E-state index contributed by atoms with van der Waals surface area (Å²) in [7, 11) is -1.78. The van der Waals surface area contributed by atoms with Gasteiger partial charge in [0.15, 0.2) is 5.65 Å². The van der Waals surface area contributed by atoms with Gasteiger partial charge in [-0.2, -0.15) is 4.98 Å². The number of ether oxygens (including phenoxy) is 1. The maximum atomic E-state index is 13.1. The van der Waals surface area contributed by atoms with Gasteiger partial charge in [0.25, 0.3) is 5.91 Å². The monoisotopic (exact) mass is 590 g/mol. The first-order valence-corrected chi connectivity index (χ1v) is 14.8. The fourth-order valence-electron chi connectivity index (χ4n) is 4.20. The Balaban J connectivity index is 1.30. The zero-order valence-corrected chi connectivity index (χ0v) is 23.4. The number of hydrogen-bond donors (Lipinski definition) is 5. The molecule has 11 nitrogen and oxygen atoms in total. The summed E-state index contributed by atoms with van der Waals surface area (Å²) in [5, 5.41) is 19.4. The first kappa shape index (κ1) is 28.4. The highest BCUT2D eigenvalue weighted by atomic mass is 32.3. The van der Waals surface area contributed by atoms with E-state index in [0.29, 0.717) is 40.0 Å². The Kier molecular flexibility index (Phi) is 7.95. The molecule has 2 heterocycles. The number of carbonyl (C=O) groups is 2. The highest BCUT2D eigenvalue weighted by Crippen LogP contribution is 2.31. The van der Waals surface area contributed by atoms with Crippen LogP contribution in [0.25, 0.3) is 16.8 Å². The summed E-state index contributed by atoms with van der Waals surface area (Å²) in [5.74, 6) is 0.0869. The molecule has 0 fully saturated rings. The van der Waals surface area contributed by atoms with Gasteiger partial charge >= 0.3 is 6.09 Å². The second-order valence-corrected chi connectivity index (χ2v) is 11.9. The summed E-state index contributed by atoms with van der Waals surface area (Å²) in [6, 6.07) is 21.5. The number of hydrogen-bond acceptors (Lipinski definition) is 6. The summed E-state index contributed by atoms with van der Waals surface area (Å²) < 4.78 is 34.1. The fourth-order valence-corrected chi connectivity index (χ4v) is 5.37. The average Bonchev–Trinajstić information content (AvgIpc) is 3.38. The molecule has 0 atom stereocenters. The number of carbonyl (C=O) groups excluding carboxylic acids is 1. The van der Waals surface area contributed by atoms with E-state index in [9.17, 15) is 18.5 Å². The maximum absolute atomic E-state index is 13.1. The van der Waals surface area contributed by atoms with Gasteiger partial charge in [-0.05, 0) is 72.0 Å². The van der Waals surface area contributed by atoms with Crippen LogP contribution in [0.1, 0.15) is 15.9 Å². The molecule has 0 saturated heterocycles. The van der Waals surface area contributed by atoms with Crippen molar-refractivity contribution >= 4 is 39.4 Å². The van der Waals surface area contributed by atoms with Crippen molar-refractivity contribution in [2.24, 2.45) is 4.36 Å². The number of amides is 2. The Hall–Kier alpha value is -5.14. The lowest BCUT2D eigenvalue weighted by molar-refractivity contribution is 0.0951. The van der Waals surface area contributed by atoms with Crippen molar-refractivity contribution in [3.05, 3.63) is 102 Å². The van der Waals surface area contributed by atoms with Crippen LogP contribution in [0.4, 0.5) is 20.8 Å². The Bertz CT molecular complexity index is 1830. The van der Waals surface area contributed by atoms with Crippen LogP contribution in [-0.4, -0.2) is 49.6 Å². The van der Waals surface area contributed by atoms with Gasteiger partial charge in [0.2, 0.25) is 5.95 Å². The molecular formula is C29H27FN6O5S. The normalized spacial score (nSPS) is 11.6. The molecule has 216 valence electrons. The van der Waals surface area contributed by atoms with E-state index in [0.717, 1.165) is 16.7 Å². The molecule has 0 radical (unpaired) electrons. The van der Waals surface area contributed by atoms with E-state index in [1.54, 1.807) is 40.9 Å². The van der Waals surface area contributed by atoms with Crippen LogP contribution in [0.2, 0.25) is 0 Å². The standard InChI is InChI=1S/C29H27FN6O5S/c1-41-25-15-23(42(2,40)35-29(38)39)12-13-24(25)32-28-33-26-14-9-21(17-36(26)34-28)19-5-7-20(8-6-19)27(37)31-16-18-3-10-22(30)11-4-18/h3-15,17,42H,16H2,1-2H3,(H,31,37)(H,32,34)(H,35,40)(H,38,39). The van der Waals surface area contributed by atoms with Gasteiger partial charge in [-0.15, -0.1) is 9.46 Å². The second kappa shape index (κ2) is 11.8. The molecule has 0 saturated carbocycles. The van der Waals surface area contributed by atoms with Gasteiger partial charge in [0.05, 0.1) is 12.8 Å². The van der Waals surface area contributed by atoms with E-state index in [4.69, 9.17) is 9.84 Å². The predicted molar refractivity (Wildman–Crippen MR) is 158 cm³/mol. The lowest BCUT2D eigenvalue weighted by Gasteiger charge is -2.19. The van der Waals surface area contributed by atoms with E-state index in [2.05, 4.69) is 25.1 Å². The van der Waals surface area contributed by atoms with Crippen molar-refractivity contribution in [1.82, 2.24) is 19.9 Å². The van der Waals surface area contributed by atoms with E-state index in [-0.39, 0.29) is 11.7 Å². The smallest absolute Gasteiger partial charge is 0.437 e. The van der Waals surface area contributed by atoms with Crippen LogP contribution >= 0.6 is 0 Å². The first-order chi connectivity index (χ1) is 20.1. The average molecular weight is 591 g/mol. The number of anilines is 2. The van der Waals surface area contributed by atoms with E-state index in [1.165, 1.54) is 31.6 Å². The molecule has 2 aromatic heterocycles. The lowest BCUT2D eigenvalue weighted by atomic mass is 10.1. The second-order valence-electron chi connectivity index (χ2n) is 9.35. The summed E-state index contributed by atoms with van der Waals surface area (Å²) in [6.45, 7) is 0.291. The van der Waals surface area contributed by atoms with Gasteiger partial charge in [-0.25, -0.2) is 13.7 Å². The third-order valence-corrected chi connectivity index (χ3v) is 8.20. The van der Waals surface area contributed by atoms with E-state index < -0.39 is 16.2 Å². The zero-order chi connectivity index (χ0) is 29.9. The molecule has 5 rings (SSSR count). The molecule has 0 aliphatic rings. The highest BCUT2D eigenvalue weighted by molar-refractivity contribution is 7.99. The molecule has 3 aromatic carbocycles. The van der Waals surface area contributed by atoms with Crippen LogP contribution in [0.5, 0.6) is 5.75 Å². The number of methoxy groups -OCH3 is 1. The zero-order valence-electron chi connectivity index (χ0n) is 22.5. The van der Waals surface area contributed by atoms with Crippen LogP contribution in [-0.2, 0) is 16.7 Å². The van der Waals surface area contributed by atoms with Crippen molar-refractivity contribution in [2.45, 2.75) is 11.4 Å². The highest BCUT2D eigenvalue weighted by Gasteiger charge is 2.15. The number of halogens is 1. The minimum atomic E-state index is -3.23. The van der Waals surface area contributed by atoms with Gasteiger partial charge < -0.3 is 25.0 Å². The molecule has 0 aliphatic heterocycles. The van der Waals surface area contributed by atoms with Crippen LogP contribution in [0.15, 0.2) is 94.3 Å². The third-order valence-electron chi connectivity index (χ3n) is 6.38. The van der Waals surface area contributed by atoms with Gasteiger partial charge in [0, 0.05) is 28.8 Å². The van der Waals surface area contributed by atoms with Gasteiger partial charge in [-0.1, -0.05) is 34.4 Å². The first-order valence-electron chi connectivity index (χ1n) is 12.6. The van der Waals surface area contributed by atoms with Crippen LogP contribution in [0, 0.1) is 5.82 Å². The number of aromatic nitrogens is 3. The molecule has 4 N–H and O–H groups in total. The Morgan fingerprint density at radius 2 is 1.74 bits per heavy atom. The molecular weight excluding hydrogens is 563 g/mol. The SMILES string of the molecule is COc1cc([SH](C)(O)=NC(=O)O)ccc1Nc1nc2ccc(-c3ccc(C(=O)NCc4ccc(F)cc4)cc3)cn2n1. The van der Waals surface area contributed by atoms with Crippen molar-refractivity contribution in [3.8, 4) is 16.9 Å². The largest absolute Gasteiger partial charge is 0.495 e. The van der Waals surface area contributed by atoms with Crippen molar-refractivity contribution in [3.63, 3.8) is 0 Å². The van der Waals surface area contributed by atoms with Crippen molar-refractivity contribution in [2.75, 3.05) is 18.7 Å². The summed E-state index contributed by atoms with van der Waals surface area (Å²) in [4.78, 5) is 28.4. The maximum Gasteiger partial charge on any atom is 0.437 e. The molecule has 13 heteroatoms. The Morgan fingerprint density at radius 3 is 2.43 bits per heavy atom. The summed E-state index contributed by atoms with van der Waals surface area (Å²) >= 11 is 0. The van der Waals surface area contributed by atoms with Crippen molar-refractivity contribution < 1.29 is 28.4 Å². The third kappa shape index (κ3) is 6.43. The minimum absolute atomic E-state index is 0.237. The minimum Gasteiger partial charge on any atom is -0.495 e. The molecule has 0 unspecified atom stereocenters. The Labute approximate surface area is 240 Å². The number of fused-ring (bicyclic) bond motifs is 1.